The Bertz CT molecular complexity index is 1020. The van der Waals surface area contributed by atoms with Gasteiger partial charge in [0, 0.05) is 29.3 Å². The van der Waals surface area contributed by atoms with Crippen molar-refractivity contribution in [2.45, 2.75) is 71.9 Å². The SMILES string of the molecule is C=C(CCN1C=C2C(C)C(C)(C)OC[C@@]2(c2ccc(CCC(C)(C)C)c(Cl)c2)NC1=O)C(=O)O. The minimum absolute atomic E-state index is 0.00799. The highest BCUT2D eigenvalue weighted by atomic mass is 35.5. The number of carboxylic acids is 1. The van der Waals surface area contributed by atoms with Gasteiger partial charge >= 0.3 is 12.0 Å². The summed E-state index contributed by atoms with van der Waals surface area (Å²) in [5, 5.41) is 13.0. The quantitative estimate of drug-likeness (QED) is 0.468. The molecular weight excluding hydrogens is 452 g/mol. The molecule has 0 radical (unpaired) electrons. The molecule has 0 aliphatic carbocycles. The number of hydrogen-bond acceptors (Lipinski definition) is 3. The predicted octanol–water partition coefficient (Wildman–Crippen LogP) is 5.90. The van der Waals surface area contributed by atoms with Crippen LogP contribution in [0.5, 0.6) is 0 Å². The highest BCUT2D eigenvalue weighted by molar-refractivity contribution is 6.31. The molecule has 2 amide bonds. The van der Waals surface area contributed by atoms with Gasteiger partial charge in [-0.2, -0.15) is 0 Å². The number of ether oxygens (including phenoxy) is 1. The maximum atomic E-state index is 13.1. The fraction of sp³-hybridized carbons (Fsp3) is 0.556. The van der Waals surface area contributed by atoms with Crippen LogP contribution >= 0.6 is 11.6 Å². The lowest BCUT2D eigenvalue weighted by Gasteiger charge is -2.53. The van der Waals surface area contributed by atoms with Crippen molar-refractivity contribution in [3.05, 3.63) is 58.3 Å². The number of nitrogens with one attached hydrogen (secondary N) is 1. The van der Waals surface area contributed by atoms with Crippen LogP contribution in [-0.4, -0.2) is 40.8 Å². The minimum Gasteiger partial charge on any atom is -0.478 e. The molecule has 1 saturated heterocycles. The van der Waals surface area contributed by atoms with Gasteiger partial charge in [-0.1, -0.05) is 58.0 Å². The third kappa shape index (κ3) is 5.33. The van der Waals surface area contributed by atoms with Crippen molar-refractivity contribution >= 4 is 23.6 Å². The van der Waals surface area contributed by atoms with Crippen LogP contribution in [0.25, 0.3) is 0 Å². The third-order valence-electron chi connectivity index (χ3n) is 7.19. The van der Waals surface area contributed by atoms with Gasteiger partial charge in [-0.3, -0.25) is 0 Å². The van der Waals surface area contributed by atoms with Crippen LogP contribution in [0.1, 0.15) is 65.5 Å². The molecule has 7 heteroatoms. The smallest absolute Gasteiger partial charge is 0.331 e. The number of carboxylic acid groups (broad SMARTS) is 1. The predicted molar refractivity (Wildman–Crippen MR) is 135 cm³/mol. The molecule has 2 aliphatic heterocycles. The van der Waals surface area contributed by atoms with Crippen molar-refractivity contribution in [2.24, 2.45) is 11.3 Å². The minimum atomic E-state index is -1.05. The van der Waals surface area contributed by atoms with Crippen LogP contribution in [0, 0.1) is 11.3 Å². The van der Waals surface area contributed by atoms with Gasteiger partial charge in [-0.25, -0.2) is 9.59 Å². The van der Waals surface area contributed by atoms with E-state index < -0.39 is 17.1 Å². The zero-order valence-corrected chi connectivity index (χ0v) is 21.9. The fourth-order valence-corrected chi connectivity index (χ4v) is 4.71. The van der Waals surface area contributed by atoms with Crippen molar-refractivity contribution in [3.63, 3.8) is 0 Å². The number of amides is 2. The lowest BCUT2D eigenvalue weighted by atomic mass is 9.69. The third-order valence-corrected chi connectivity index (χ3v) is 7.54. The zero-order valence-electron chi connectivity index (χ0n) is 21.1. The number of carbonyl (C=O) groups is 2. The van der Waals surface area contributed by atoms with E-state index in [1.165, 1.54) is 0 Å². The maximum absolute atomic E-state index is 13.1. The van der Waals surface area contributed by atoms with Crippen molar-refractivity contribution < 1.29 is 19.4 Å². The molecule has 2 aliphatic rings. The molecule has 0 bridgehead atoms. The maximum Gasteiger partial charge on any atom is 0.331 e. The molecule has 6 nitrogen and oxygen atoms in total. The van der Waals surface area contributed by atoms with Crippen molar-refractivity contribution in [1.82, 2.24) is 10.2 Å². The molecule has 0 saturated carbocycles. The van der Waals surface area contributed by atoms with Crippen LogP contribution in [0.3, 0.4) is 0 Å². The van der Waals surface area contributed by atoms with Gasteiger partial charge in [0.25, 0.3) is 0 Å². The lowest BCUT2D eigenvalue weighted by molar-refractivity contribution is -0.132. The number of hydrogen-bond donors (Lipinski definition) is 2. The Morgan fingerprint density at radius 1 is 1.35 bits per heavy atom. The van der Waals surface area contributed by atoms with E-state index in [1.807, 2.05) is 32.2 Å². The Kier molecular flexibility index (Phi) is 7.26. The molecular formula is C27H37ClN2O4. The van der Waals surface area contributed by atoms with Gasteiger partial charge in [-0.05, 0) is 61.3 Å². The molecule has 3 rings (SSSR count). The Labute approximate surface area is 208 Å². The standard InChI is InChI=1S/C27H37ClN2O4/c1-17(23(31)32)11-13-30-15-21-18(2)26(6,7)34-16-27(21,29-24(30)33)20-9-8-19(22(28)14-20)10-12-25(3,4)5/h8-9,14-15,18H,1,10-13,16H2,2-7H3,(H,29,33)(H,31,32)/t18?,27-/m0/s1. The number of aliphatic carboxylic acids is 1. The molecule has 2 heterocycles. The molecule has 1 fully saturated rings. The first kappa shape index (κ1) is 26.3. The molecule has 1 unspecified atom stereocenters. The normalized spacial score (nSPS) is 24.2. The van der Waals surface area contributed by atoms with Gasteiger partial charge in [0.2, 0.25) is 0 Å². The summed E-state index contributed by atoms with van der Waals surface area (Å²) < 4.78 is 6.27. The molecule has 34 heavy (non-hydrogen) atoms. The number of rotatable bonds is 7. The summed E-state index contributed by atoms with van der Waals surface area (Å²) in [4.78, 5) is 25.8. The van der Waals surface area contributed by atoms with E-state index in [1.54, 1.807) is 4.90 Å². The fourth-order valence-electron chi connectivity index (χ4n) is 4.43. The van der Waals surface area contributed by atoms with Crippen LogP contribution in [0.2, 0.25) is 5.02 Å². The van der Waals surface area contributed by atoms with Crippen molar-refractivity contribution in [2.75, 3.05) is 13.2 Å². The summed E-state index contributed by atoms with van der Waals surface area (Å²) in [7, 11) is 0. The van der Waals surface area contributed by atoms with E-state index >= 15 is 0 Å². The van der Waals surface area contributed by atoms with Gasteiger partial charge in [-0.15, -0.1) is 0 Å². The Balaban J connectivity index is 1.98. The first-order chi connectivity index (χ1) is 15.7. The summed E-state index contributed by atoms with van der Waals surface area (Å²) >= 11 is 6.73. The second kappa shape index (κ2) is 9.38. The summed E-state index contributed by atoms with van der Waals surface area (Å²) in [5.74, 6) is -1.06. The van der Waals surface area contributed by atoms with Crippen molar-refractivity contribution in [1.29, 1.82) is 0 Å². The van der Waals surface area contributed by atoms with Crippen molar-refractivity contribution in [3.8, 4) is 0 Å². The summed E-state index contributed by atoms with van der Waals surface area (Å²) in [6, 6.07) is 5.74. The van der Waals surface area contributed by atoms with Gasteiger partial charge in [0.05, 0.1) is 12.2 Å². The van der Waals surface area contributed by atoms with E-state index in [4.69, 9.17) is 21.4 Å². The average molecular weight is 489 g/mol. The Hall–Kier alpha value is -2.31. The van der Waals surface area contributed by atoms with Crippen LogP contribution in [0.15, 0.2) is 42.1 Å². The van der Waals surface area contributed by atoms with Crippen LogP contribution < -0.4 is 5.32 Å². The van der Waals surface area contributed by atoms with Gasteiger partial charge in [0.1, 0.15) is 5.54 Å². The highest BCUT2D eigenvalue weighted by Gasteiger charge is 2.52. The number of carbonyl (C=O) groups excluding carboxylic acids is 1. The topological polar surface area (TPSA) is 78.9 Å². The summed E-state index contributed by atoms with van der Waals surface area (Å²) in [6.07, 6.45) is 3.95. The average Bonchev–Trinajstić information content (AvgIpc) is 2.73. The largest absolute Gasteiger partial charge is 0.478 e. The number of benzene rings is 1. The number of nitrogens with zero attached hydrogens (tertiary/aromatic N) is 1. The summed E-state index contributed by atoms with van der Waals surface area (Å²) in [5.41, 5.74) is 2.00. The van der Waals surface area contributed by atoms with E-state index in [2.05, 4.69) is 45.7 Å². The lowest BCUT2D eigenvalue weighted by Crippen LogP contribution is -2.63. The van der Waals surface area contributed by atoms with Gasteiger partial charge < -0.3 is 20.1 Å². The second-order valence-electron chi connectivity index (χ2n) is 11.3. The molecule has 1 aromatic carbocycles. The van der Waals surface area contributed by atoms with Crippen LogP contribution in [0.4, 0.5) is 4.79 Å². The number of urea groups is 1. The zero-order chi connectivity index (χ0) is 25.5. The summed E-state index contributed by atoms with van der Waals surface area (Å²) in [6.45, 7) is 16.9. The molecule has 0 spiro atoms. The van der Waals surface area contributed by atoms with E-state index in [0.717, 1.165) is 29.5 Å². The van der Waals surface area contributed by atoms with E-state index in [-0.39, 0.29) is 42.5 Å². The second-order valence-corrected chi connectivity index (χ2v) is 11.7. The monoisotopic (exact) mass is 488 g/mol. The first-order valence-electron chi connectivity index (χ1n) is 11.8. The molecule has 0 aromatic heterocycles. The van der Waals surface area contributed by atoms with E-state index in [9.17, 15) is 9.59 Å². The van der Waals surface area contributed by atoms with Crippen LogP contribution in [-0.2, 0) is 21.5 Å². The molecule has 186 valence electrons. The highest BCUT2D eigenvalue weighted by Crippen LogP contribution is 2.47. The molecule has 1 aromatic rings. The Morgan fingerprint density at radius 3 is 2.62 bits per heavy atom. The molecule has 2 N–H and O–H groups in total. The number of halogens is 1. The Morgan fingerprint density at radius 2 is 2.03 bits per heavy atom. The molecule has 2 atom stereocenters. The van der Waals surface area contributed by atoms with Gasteiger partial charge in [0.15, 0.2) is 0 Å². The first-order valence-corrected chi connectivity index (χ1v) is 12.2. The number of fused-ring (bicyclic) bond motifs is 1. The number of aryl methyl sites for hydroxylation is 1. The van der Waals surface area contributed by atoms with E-state index in [0.29, 0.717) is 5.02 Å².